The minimum absolute atomic E-state index is 0.199. The van der Waals surface area contributed by atoms with Crippen LogP contribution in [-0.2, 0) is 19.1 Å². The number of anilines is 1. The standard InChI is InChI=1S/C20H19NO7/c1-25-16-4-2-3-14(11-16)21-18(22)12-27-15-7-5-13(6-8-15)19(23)28-17-9-10-26-20(17)24/h2-8,11,17H,9-10,12H2,1H3,(H,21,22)/t17-/m1/s1. The number of amides is 1. The lowest BCUT2D eigenvalue weighted by Crippen LogP contribution is -2.22. The van der Waals surface area contributed by atoms with Crippen molar-refractivity contribution in [2.75, 3.05) is 25.6 Å². The van der Waals surface area contributed by atoms with Crippen LogP contribution in [0.15, 0.2) is 48.5 Å². The summed E-state index contributed by atoms with van der Waals surface area (Å²) < 4.78 is 20.4. The van der Waals surface area contributed by atoms with E-state index in [9.17, 15) is 14.4 Å². The lowest BCUT2D eigenvalue weighted by Gasteiger charge is -2.10. The Morgan fingerprint density at radius 2 is 1.93 bits per heavy atom. The molecule has 1 amide bonds. The van der Waals surface area contributed by atoms with Crippen LogP contribution in [0.4, 0.5) is 5.69 Å². The second-order valence-corrected chi connectivity index (χ2v) is 5.94. The van der Waals surface area contributed by atoms with Crippen LogP contribution in [0.25, 0.3) is 0 Å². The van der Waals surface area contributed by atoms with E-state index in [1.807, 2.05) is 0 Å². The SMILES string of the molecule is COc1cccc(NC(=O)COc2ccc(C(=O)O[C@@H]3CCOC3=O)cc2)c1. The summed E-state index contributed by atoms with van der Waals surface area (Å²) >= 11 is 0. The van der Waals surface area contributed by atoms with Gasteiger partial charge in [-0.25, -0.2) is 9.59 Å². The highest BCUT2D eigenvalue weighted by Gasteiger charge is 2.30. The monoisotopic (exact) mass is 385 g/mol. The van der Waals surface area contributed by atoms with Gasteiger partial charge in [0.25, 0.3) is 5.91 Å². The molecule has 2 aromatic rings. The molecule has 1 aliphatic heterocycles. The van der Waals surface area contributed by atoms with Gasteiger partial charge in [0.15, 0.2) is 6.61 Å². The molecule has 1 N–H and O–H groups in total. The van der Waals surface area contributed by atoms with Crippen LogP contribution in [-0.4, -0.2) is 44.3 Å². The topological polar surface area (TPSA) is 100 Å². The smallest absolute Gasteiger partial charge is 0.347 e. The van der Waals surface area contributed by atoms with E-state index in [4.69, 9.17) is 18.9 Å². The van der Waals surface area contributed by atoms with Gasteiger partial charge in [0, 0.05) is 18.2 Å². The van der Waals surface area contributed by atoms with Gasteiger partial charge in [0.1, 0.15) is 11.5 Å². The van der Waals surface area contributed by atoms with Crippen molar-refractivity contribution in [1.82, 2.24) is 0 Å². The largest absolute Gasteiger partial charge is 0.497 e. The molecule has 1 heterocycles. The highest BCUT2D eigenvalue weighted by Crippen LogP contribution is 2.18. The molecule has 0 saturated carbocycles. The average Bonchev–Trinajstić information content (AvgIpc) is 3.11. The van der Waals surface area contributed by atoms with Crippen LogP contribution in [0.3, 0.4) is 0 Å². The van der Waals surface area contributed by atoms with Crippen molar-refractivity contribution in [3.63, 3.8) is 0 Å². The summed E-state index contributed by atoms with van der Waals surface area (Å²) in [6.45, 7) is 0.0519. The lowest BCUT2D eigenvalue weighted by atomic mass is 10.2. The molecular weight excluding hydrogens is 366 g/mol. The number of rotatable bonds is 7. The number of carbonyl (C=O) groups is 3. The molecule has 1 atom stereocenters. The molecule has 0 unspecified atom stereocenters. The summed E-state index contributed by atoms with van der Waals surface area (Å²) in [5.41, 5.74) is 0.865. The molecule has 0 aliphatic carbocycles. The van der Waals surface area contributed by atoms with E-state index in [-0.39, 0.29) is 24.7 Å². The van der Waals surface area contributed by atoms with E-state index in [2.05, 4.69) is 5.32 Å². The number of esters is 2. The van der Waals surface area contributed by atoms with E-state index in [1.165, 1.54) is 12.1 Å². The molecule has 0 aromatic heterocycles. The number of carbonyl (C=O) groups excluding carboxylic acids is 3. The first kappa shape index (κ1) is 19.2. The molecule has 28 heavy (non-hydrogen) atoms. The van der Waals surface area contributed by atoms with Crippen LogP contribution in [0, 0.1) is 0 Å². The van der Waals surface area contributed by atoms with Gasteiger partial charge in [-0.15, -0.1) is 0 Å². The Balaban J connectivity index is 1.49. The molecule has 146 valence electrons. The first-order valence-corrected chi connectivity index (χ1v) is 8.59. The third kappa shape index (κ3) is 5.00. The lowest BCUT2D eigenvalue weighted by molar-refractivity contribution is -0.145. The number of nitrogens with one attached hydrogen (secondary N) is 1. The zero-order valence-corrected chi connectivity index (χ0v) is 15.2. The van der Waals surface area contributed by atoms with Gasteiger partial charge in [0.2, 0.25) is 6.10 Å². The Kier molecular flexibility index (Phi) is 6.11. The van der Waals surface area contributed by atoms with Crippen molar-refractivity contribution in [2.24, 2.45) is 0 Å². The van der Waals surface area contributed by atoms with Gasteiger partial charge < -0.3 is 24.3 Å². The van der Waals surface area contributed by atoms with E-state index in [1.54, 1.807) is 43.5 Å². The zero-order chi connectivity index (χ0) is 19.9. The predicted octanol–water partition coefficient (Wildman–Crippen LogP) is 2.18. The Bertz CT molecular complexity index is 863. The Hall–Kier alpha value is -3.55. The maximum absolute atomic E-state index is 12.0. The van der Waals surface area contributed by atoms with Crippen molar-refractivity contribution in [2.45, 2.75) is 12.5 Å². The van der Waals surface area contributed by atoms with Crippen LogP contribution >= 0.6 is 0 Å². The van der Waals surface area contributed by atoms with E-state index >= 15 is 0 Å². The summed E-state index contributed by atoms with van der Waals surface area (Å²) in [4.78, 5) is 35.4. The maximum atomic E-state index is 12.0. The van der Waals surface area contributed by atoms with Gasteiger partial charge >= 0.3 is 11.9 Å². The average molecular weight is 385 g/mol. The number of benzene rings is 2. The quantitative estimate of drug-likeness (QED) is 0.729. The fourth-order valence-electron chi connectivity index (χ4n) is 2.52. The molecule has 2 aromatic carbocycles. The van der Waals surface area contributed by atoms with Crippen LogP contribution in [0.1, 0.15) is 16.8 Å². The summed E-state index contributed by atoms with van der Waals surface area (Å²) in [7, 11) is 1.54. The zero-order valence-electron chi connectivity index (χ0n) is 15.2. The number of hydrogen-bond acceptors (Lipinski definition) is 7. The maximum Gasteiger partial charge on any atom is 0.347 e. The van der Waals surface area contributed by atoms with Gasteiger partial charge in [-0.1, -0.05) is 6.07 Å². The second-order valence-electron chi connectivity index (χ2n) is 5.94. The predicted molar refractivity (Wildman–Crippen MR) is 98.3 cm³/mol. The highest BCUT2D eigenvalue weighted by atomic mass is 16.6. The van der Waals surface area contributed by atoms with E-state index in [0.29, 0.717) is 23.6 Å². The molecule has 0 spiro atoms. The fourth-order valence-corrected chi connectivity index (χ4v) is 2.52. The molecule has 8 nitrogen and oxygen atoms in total. The molecule has 1 aliphatic rings. The van der Waals surface area contributed by atoms with Crippen molar-refractivity contribution in [3.8, 4) is 11.5 Å². The summed E-state index contributed by atoms with van der Waals surface area (Å²) in [6.07, 6.45) is -0.502. The van der Waals surface area contributed by atoms with Crippen LogP contribution in [0.2, 0.25) is 0 Å². The number of cyclic esters (lactones) is 1. The third-order valence-electron chi connectivity index (χ3n) is 3.95. The minimum Gasteiger partial charge on any atom is -0.497 e. The summed E-state index contributed by atoms with van der Waals surface area (Å²) in [6, 6.07) is 13.0. The third-order valence-corrected chi connectivity index (χ3v) is 3.95. The van der Waals surface area contributed by atoms with Crippen LogP contribution < -0.4 is 14.8 Å². The first-order valence-electron chi connectivity index (χ1n) is 8.59. The Morgan fingerprint density at radius 3 is 2.61 bits per heavy atom. The molecule has 8 heteroatoms. The Morgan fingerprint density at radius 1 is 1.14 bits per heavy atom. The summed E-state index contributed by atoms with van der Waals surface area (Å²) in [5.74, 6) is -0.442. The van der Waals surface area contributed by atoms with E-state index in [0.717, 1.165) is 0 Å². The molecule has 1 saturated heterocycles. The van der Waals surface area contributed by atoms with Gasteiger partial charge in [-0.2, -0.15) is 0 Å². The Labute approximate surface area is 161 Å². The van der Waals surface area contributed by atoms with Crippen LogP contribution in [0.5, 0.6) is 11.5 Å². The molecule has 1 fully saturated rings. The first-order chi connectivity index (χ1) is 13.5. The fraction of sp³-hybridized carbons (Fsp3) is 0.250. The summed E-state index contributed by atoms with van der Waals surface area (Å²) in [5, 5.41) is 2.70. The molecule has 0 radical (unpaired) electrons. The molecule has 3 rings (SSSR count). The number of hydrogen-bond donors (Lipinski definition) is 1. The number of ether oxygens (including phenoxy) is 4. The highest BCUT2D eigenvalue weighted by molar-refractivity contribution is 5.92. The van der Waals surface area contributed by atoms with Gasteiger partial charge in [0.05, 0.1) is 19.3 Å². The van der Waals surface area contributed by atoms with Gasteiger partial charge in [-0.05, 0) is 36.4 Å². The van der Waals surface area contributed by atoms with Crippen molar-refractivity contribution >= 4 is 23.5 Å². The van der Waals surface area contributed by atoms with Crippen molar-refractivity contribution in [1.29, 1.82) is 0 Å². The van der Waals surface area contributed by atoms with Gasteiger partial charge in [-0.3, -0.25) is 4.79 Å². The molecule has 0 bridgehead atoms. The minimum atomic E-state index is -0.858. The number of methoxy groups -OCH3 is 1. The van der Waals surface area contributed by atoms with Crippen molar-refractivity contribution < 1.29 is 33.3 Å². The molecular formula is C20H19NO7. The normalized spacial score (nSPS) is 15.5. The second kappa shape index (κ2) is 8.90. The van der Waals surface area contributed by atoms with E-state index < -0.39 is 18.0 Å². The van der Waals surface area contributed by atoms with Crippen molar-refractivity contribution in [3.05, 3.63) is 54.1 Å².